The molecule has 2 aliphatic rings. The van der Waals surface area contributed by atoms with Crippen LogP contribution in [0.2, 0.25) is 0 Å². The molecule has 130 valence electrons. The summed E-state index contributed by atoms with van der Waals surface area (Å²) in [5, 5.41) is 8.60. The summed E-state index contributed by atoms with van der Waals surface area (Å²) in [5.74, 6) is 0.184. The minimum Gasteiger partial charge on any atom is -0.449 e. The molecule has 1 aromatic rings. The van der Waals surface area contributed by atoms with Crippen LogP contribution in [0.3, 0.4) is 0 Å². The highest BCUT2D eigenvalue weighted by Gasteiger charge is 2.46. The average molecular weight is 335 g/mol. The normalized spacial score (nSPS) is 22.2. The predicted octanol–water partition coefficient (Wildman–Crippen LogP) is 0.651. The van der Waals surface area contributed by atoms with Crippen molar-refractivity contribution in [2.24, 2.45) is 5.92 Å². The van der Waals surface area contributed by atoms with Gasteiger partial charge in [0, 0.05) is 25.5 Å². The van der Waals surface area contributed by atoms with Crippen molar-refractivity contribution in [3.05, 3.63) is 18.0 Å². The Kier molecular flexibility index (Phi) is 4.52. The topological polar surface area (TPSA) is 108 Å². The number of piperazine rings is 1. The fraction of sp³-hybridized carbons (Fsp3) is 0.600. The molecule has 2 fully saturated rings. The van der Waals surface area contributed by atoms with Crippen LogP contribution in [-0.2, 0) is 4.74 Å². The van der Waals surface area contributed by atoms with Crippen molar-refractivity contribution in [3.8, 4) is 0 Å². The van der Waals surface area contributed by atoms with Gasteiger partial charge in [0.15, 0.2) is 0 Å². The second-order valence-corrected chi connectivity index (χ2v) is 6.53. The van der Waals surface area contributed by atoms with Gasteiger partial charge in [-0.15, -0.1) is 0 Å². The van der Waals surface area contributed by atoms with E-state index < -0.39 is 5.91 Å². The van der Waals surface area contributed by atoms with Gasteiger partial charge in [-0.3, -0.25) is 10.0 Å². The van der Waals surface area contributed by atoms with Crippen LogP contribution in [0.4, 0.5) is 10.7 Å². The molecule has 0 saturated carbocycles. The third-order valence-electron chi connectivity index (χ3n) is 4.27. The maximum absolute atomic E-state index is 12.1. The number of ether oxygens (including phenoxy) is 1. The van der Waals surface area contributed by atoms with E-state index in [1.807, 2.05) is 18.7 Å². The highest BCUT2D eigenvalue weighted by atomic mass is 16.6. The summed E-state index contributed by atoms with van der Waals surface area (Å²) < 4.78 is 5.30. The second kappa shape index (κ2) is 6.60. The number of carbonyl (C=O) groups excluding carboxylic acids is 2. The van der Waals surface area contributed by atoms with Crippen molar-refractivity contribution < 1.29 is 19.5 Å². The van der Waals surface area contributed by atoms with Crippen LogP contribution in [0, 0.1) is 5.92 Å². The monoisotopic (exact) mass is 335 g/mol. The standard InChI is InChI=1S/C15H21N5O4/c1-9(2)8-24-15(22)20-7-11-3-12(20)6-19(11)14-16-4-10(5-17-14)13(21)18-23/h4-5,9,11-12,23H,3,6-8H2,1-2H3,(H,18,21)/t11-,12-/m1/s1. The molecular formula is C15H21N5O4. The molecule has 2 bridgehead atoms. The molecule has 2 saturated heterocycles. The lowest BCUT2D eigenvalue weighted by atomic mass is 10.2. The summed E-state index contributed by atoms with van der Waals surface area (Å²) in [6.45, 7) is 5.66. The molecule has 0 aliphatic carbocycles. The van der Waals surface area contributed by atoms with Gasteiger partial charge in [0.1, 0.15) is 0 Å². The van der Waals surface area contributed by atoms with E-state index in [4.69, 9.17) is 9.94 Å². The Morgan fingerprint density at radius 3 is 2.58 bits per heavy atom. The van der Waals surface area contributed by atoms with Crippen LogP contribution >= 0.6 is 0 Å². The minimum absolute atomic E-state index is 0.0960. The molecule has 0 radical (unpaired) electrons. The van der Waals surface area contributed by atoms with E-state index in [0.29, 0.717) is 31.6 Å². The van der Waals surface area contributed by atoms with Gasteiger partial charge < -0.3 is 14.5 Å². The number of carbonyl (C=O) groups is 2. The third kappa shape index (κ3) is 3.12. The summed E-state index contributed by atoms with van der Waals surface area (Å²) in [5.41, 5.74) is 1.73. The fourth-order valence-electron chi connectivity index (χ4n) is 3.11. The number of rotatable bonds is 4. The van der Waals surface area contributed by atoms with Crippen LogP contribution in [0.15, 0.2) is 12.4 Å². The number of amides is 2. The van der Waals surface area contributed by atoms with Crippen molar-refractivity contribution in [2.75, 3.05) is 24.6 Å². The molecule has 3 heterocycles. The molecule has 0 unspecified atom stereocenters. The first-order valence-corrected chi connectivity index (χ1v) is 7.96. The van der Waals surface area contributed by atoms with Crippen molar-refractivity contribution >= 4 is 17.9 Å². The second-order valence-electron chi connectivity index (χ2n) is 6.53. The number of fused-ring (bicyclic) bond motifs is 2. The molecule has 24 heavy (non-hydrogen) atoms. The molecule has 2 atom stereocenters. The van der Waals surface area contributed by atoms with Crippen LogP contribution in [-0.4, -0.2) is 63.9 Å². The summed E-state index contributed by atoms with van der Waals surface area (Å²) in [6.07, 6.45) is 3.34. The van der Waals surface area contributed by atoms with E-state index in [0.717, 1.165) is 6.42 Å². The van der Waals surface area contributed by atoms with E-state index >= 15 is 0 Å². The van der Waals surface area contributed by atoms with Gasteiger partial charge >= 0.3 is 6.09 Å². The predicted molar refractivity (Wildman–Crippen MR) is 83.7 cm³/mol. The Labute approximate surface area is 139 Å². The largest absolute Gasteiger partial charge is 0.449 e. The van der Waals surface area contributed by atoms with E-state index in [1.54, 1.807) is 10.4 Å². The molecule has 9 nitrogen and oxygen atoms in total. The van der Waals surface area contributed by atoms with Crippen molar-refractivity contribution in [1.29, 1.82) is 0 Å². The number of nitrogens with one attached hydrogen (secondary N) is 1. The summed E-state index contributed by atoms with van der Waals surface area (Å²) in [4.78, 5) is 35.6. The van der Waals surface area contributed by atoms with Gasteiger partial charge in [-0.05, 0) is 12.3 Å². The quantitative estimate of drug-likeness (QED) is 0.614. The molecular weight excluding hydrogens is 314 g/mol. The van der Waals surface area contributed by atoms with E-state index in [2.05, 4.69) is 9.97 Å². The molecule has 3 rings (SSSR count). The SMILES string of the molecule is CC(C)COC(=O)N1C[C@H]2C[C@@H]1CN2c1ncc(C(=O)NO)cn1. The molecule has 0 aromatic carbocycles. The Hall–Kier alpha value is -2.42. The fourth-order valence-corrected chi connectivity index (χ4v) is 3.11. The average Bonchev–Trinajstić information content (AvgIpc) is 3.19. The summed E-state index contributed by atoms with van der Waals surface area (Å²) >= 11 is 0. The number of nitrogens with zero attached hydrogens (tertiary/aromatic N) is 4. The zero-order chi connectivity index (χ0) is 17.3. The number of hydroxylamine groups is 1. The zero-order valence-corrected chi connectivity index (χ0v) is 13.7. The molecule has 0 spiro atoms. The smallest absolute Gasteiger partial charge is 0.410 e. The lowest BCUT2D eigenvalue weighted by molar-refractivity contribution is 0.0705. The van der Waals surface area contributed by atoms with Gasteiger partial charge in [-0.2, -0.15) is 0 Å². The van der Waals surface area contributed by atoms with Gasteiger partial charge in [-0.25, -0.2) is 20.2 Å². The number of anilines is 1. The number of likely N-dealkylation sites (tertiary alicyclic amines) is 1. The highest BCUT2D eigenvalue weighted by molar-refractivity contribution is 5.92. The summed E-state index contributed by atoms with van der Waals surface area (Å²) in [6, 6.07) is 0.248. The van der Waals surface area contributed by atoms with Gasteiger partial charge in [0.05, 0.1) is 24.3 Å². The molecule has 9 heteroatoms. The number of hydrogen-bond donors (Lipinski definition) is 2. The maximum Gasteiger partial charge on any atom is 0.410 e. The molecule has 2 aliphatic heterocycles. The summed E-state index contributed by atoms with van der Waals surface area (Å²) in [7, 11) is 0. The van der Waals surface area contributed by atoms with Gasteiger partial charge in [0.2, 0.25) is 5.95 Å². The highest BCUT2D eigenvalue weighted by Crippen LogP contribution is 2.33. The van der Waals surface area contributed by atoms with Crippen LogP contribution in [0.25, 0.3) is 0 Å². The molecule has 2 N–H and O–H groups in total. The van der Waals surface area contributed by atoms with E-state index in [1.165, 1.54) is 12.4 Å². The van der Waals surface area contributed by atoms with Crippen molar-refractivity contribution in [3.63, 3.8) is 0 Å². The van der Waals surface area contributed by atoms with Crippen molar-refractivity contribution in [2.45, 2.75) is 32.4 Å². The van der Waals surface area contributed by atoms with Crippen LogP contribution < -0.4 is 10.4 Å². The first-order valence-electron chi connectivity index (χ1n) is 7.96. The first kappa shape index (κ1) is 16.4. The van der Waals surface area contributed by atoms with Crippen LogP contribution in [0.5, 0.6) is 0 Å². The molecule has 2 amide bonds. The lowest BCUT2D eigenvalue weighted by Gasteiger charge is -2.33. The van der Waals surface area contributed by atoms with E-state index in [-0.39, 0.29) is 23.7 Å². The maximum atomic E-state index is 12.1. The first-order chi connectivity index (χ1) is 11.5. The number of aromatic nitrogens is 2. The van der Waals surface area contributed by atoms with Crippen LogP contribution in [0.1, 0.15) is 30.6 Å². The third-order valence-corrected chi connectivity index (χ3v) is 4.27. The minimum atomic E-state index is -0.649. The van der Waals surface area contributed by atoms with Gasteiger partial charge in [0.25, 0.3) is 5.91 Å². The molecule has 1 aromatic heterocycles. The van der Waals surface area contributed by atoms with E-state index in [9.17, 15) is 9.59 Å². The van der Waals surface area contributed by atoms with Gasteiger partial charge in [-0.1, -0.05) is 13.8 Å². The Balaban J connectivity index is 1.61. The Bertz CT molecular complexity index is 621. The lowest BCUT2D eigenvalue weighted by Crippen LogP contribution is -2.49. The zero-order valence-electron chi connectivity index (χ0n) is 13.7. The van der Waals surface area contributed by atoms with Crippen molar-refractivity contribution in [1.82, 2.24) is 20.3 Å². The Morgan fingerprint density at radius 2 is 2.04 bits per heavy atom. The Morgan fingerprint density at radius 1 is 1.33 bits per heavy atom. The number of hydrogen-bond acceptors (Lipinski definition) is 7.